The lowest BCUT2D eigenvalue weighted by Gasteiger charge is -2.08. The van der Waals surface area contributed by atoms with Gasteiger partial charge in [0.1, 0.15) is 18.3 Å². The van der Waals surface area contributed by atoms with Crippen molar-refractivity contribution in [2.45, 2.75) is 6.92 Å². The van der Waals surface area contributed by atoms with Gasteiger partial charge < -0.3 is 14.2 Å². The SMILES string of the molecule is C=CC(=O)OC=COc1ccc(-c2ccc(-c3ccc(OC(=O)C(=C)C)cc3)cc2)cc1F. The van der Waals surface area contributed by atoms with E-state index >= 15 is 0 Å². The number of carbonyl (C=O) groups is 2. The van der Waals surface area contributed by atoms with E-state index in [1.807, 2.05) is 36.4 Å². The lowest BCUT2D eigenvalue weighted by atomic mass is 10.00. The minimum Gasteiger partial charge on any atom is -0.459 e. The van der Waals surface area contributed by atoms with Gasteiger partial charge >= 0.3 is 11.9 Å². The van der Waals surface area contributed by atoms with Gasteiger partial charge in [-0.15, -0.1) is 0 Å². The summed E-state index contributed by atoms with van der Waals surface area (Å²) in [6.45, 7) is 8.41. The molecule has 0 aliphatic carbocycles. The Kier molecular flexibility index (Phi) is 7.55. The van der Waals surface area contributed by atoms with Gasteiger partial charge in [-0.25, -0.2) is 14.0 Å². The van der Waals surface area contributed by atoms with Crippen molar-refractivity contribution in [3.05, 3.63) is 110 Å². The van der Waals surface area contributed by atoms with Crippen LogP contribution in [-0.4, -0.2) is 11.9 Å². The molecule has 0 fully saturated rings. The average molecular weight is 444 g/mol. The first-order valence-corrected chi connectivity index (χ1v) is 9.90. The largest absolute Gasteiger partial charge is 0.459 e. The molecule has 6 heteroatoms. The van der Waals surface area contributed by atoms with Crippen LogP contribution in [0.3, 0.4) is 0 Å². The molecule has 33 heavy (non-hydrogen) atoms. The van der Waals surface area contributed by atoms with Gasteiger partial charge in [0.05, 0.1) is 0 Å². The van der Waals surface area contributed by atoms with E-state index in [1.54, 1.807) is 25.1 Å². The smallest absolute Gasteiger partial charge is 0.338 e. The summed E-state index contributed by atoms with van der Waals surface area (Å²) in [7, 11) is 0. The van der Waals surface area contributed by atoms with E-state index in [1.165, 1.54) is 12.1 Å². The number of hydrogen-bond donors (Lipinski definition) is 0. The number of halogens is 1. The maximum absolute atomic E-state index is 14.4. The van der Waals surface area contributed by atoms with Crippen molar-refractivity contribution in [3.8, 4) is 33.8 Å². The van der Waals surface area contributed by atoms with Gasteiger partial charge in [-0.3, -0.25) is 0 Å². The highest BCUT2D eigenvalue weighted by Crippen LogP contribution is 2.29. The highest BCUT2D eigenvalue weighted by Gasteiger charge is 2.08. The van der Waals surface area contributed by atoms with Crippen molar-refractivity contribution >= 4 is 11.9 Å². The molecule has 0 heterocycles. The molecule has 0 amide bonds. The molecule has 0 aliphatic heterocycles. The Morgan fingerprint density at radius 3 is 1.94 bits per heavy atom. The van der Waals surface area contributed by atoms with Crippen LogP contribution in [-0.2, 0) is 14.3 Å². The monoisotopic (exact) mass is 444 g/mol. The van der Waals surface area contributed by atoms with Crippen LogP contribution in [0.4, 0.5) is 4.39 Å². The zero-order valence-electron chi connectivity index (χ0n) is 17.9. The van der Waals surface area contributed by atoms with Crippen molar-refractivity contribution in [2.75, 3.05) is 0 Å². The third-order valence-corrected chi connectivity index (χ3v) is 4.50. The van der Waals surface area contributed by atoms with E-state index in [4.69, 9.17) is 9.47 Å². The number of benzene rings is 3. The second-order valence-electron chi connectivity index (χ2n) is 6.95. The molecule has 0 radical (unpaired) electrons. The maximum atomic E-state index is 14.4. The van der Waals surface area contributed by atoms with E-state index in [-0.39, 0.29) is 5.75 Å². The lowest BCUT2D eigenvalue weighted by molar-refractivity contribution is -0.132. The van der Waals surface area contributed by atoms with Crippen LogP contribution < -0.4 is 9.47 Å². The van der Waals surface area contributed by atoms with Crippen molar-refractivity contribution in [3.63, 3.8) is 0 Å². The Morgan fingerprint density at radius 2 is 1.39 bits per heavy atom. The molecular formula is C27H21FO5. The van der Waals surface area contributed by atoms with Gasteiger partial charge in [-0.2, -0.15) is 0 Å². The molecule has 0 atom stereocenters. The summed E-state index contributed by atoms with van der Waals surface area (Å²) >= 11 is 0. The molecular weight excluding hydrogens is 423 g/mol. The molecule has 0 saturated heterocycles. The Morgan fingerprint density at radius 1 is 0.848 bits per heavy atom. The normalized spacial score (nSPS) is 10.5. The van der Waals surface area contributed by atoms with Crippen molar-refractivity contribution in [2.24, 2.45) is 0 Å². The van der Waals surface area contributed by atoms with Gasteiger partial charge in [0.25, 0.3) is 0 Å². The maximum Gasteiger partial charge on any atom is 0.338 e. The number of hydrogen-bond acceptors (Lipinski definition) is 5. The van der Waals surface area contributed by atoms with E-state index in [0.29, 0.717) is 16.9 Å². The first-order valence-electron chi connectivity index (χ1n) is 9.90. The topological polar surface area (TPSA) is 61.8 Å². The molecule has 0 saturated carbocycles. The van der Waals surface area contributed by atoms with E-state index in [0.717, 1.165) is 35.3 Å². The highest BCUT2D eigenvalue weighted by atomic mass is 19.1. The first kappa shape index (κ1) is 23.2. The molecule has 0 N–H and O–H groups in total. The summed E-state index contributed by atoms with van der Waals surface area (Å²) in [5.74, 6) is -1.24. The molecule has 166 valence electrons. The molecule has 0 aliphatic rings. The molecule has 0 spiro atoms. The fourth-order valence-corrected chi connectivity index (χ4v) is 2.78. The average Bonchev–Trinajstić information content (AvgIpc) is 2.83. The molecule has 0 aromatic heterocycles. The summed E-state index contributed by atoms with van der Waals surface area (Å²) in [6, 6.07) is 19.3. The Labute approximate surface area is 191 Å². The van der Waals surface area contributed by atoms with Gasteiger partial charge in [-0.05, 0) is 53.4 Å². The van der Waals surface area contributed by atoms with Crippen LogP contribution in [0.25, 0.3) is 22.3 Å². The fourth-order valence-electron chi connectivity index (χ4n) is 2.78. The Balaban J connectivity index is 1.68. The third kappa shape index (κ3) is 6.27. The molecule has 0 unspecified atom stereocenters. The first-order chi connectivity index (χ1) is 15.9. The van der Waals surface area contributed by atoms with Gasteiger partial charge in [0, 0.05) is 11.6 Å². The summed E-state index contributed by atoms with van der Waals surface area (Å²) in [5.41, 5.74) is 3.73. The van der Waals surface area contributed by atoms with E-state index in [9.17, 15) is 14.0 Å². The molecule has 3 aromatic rings. The summed E-state index contributed by atoms with van der Waals surface area (Å²) in [4.78, 5) is 22.5. The lowest BCUT2D eigenvalue weighted by Crippen LogP contribution is -2.07. The molecule has 3 aromatic carbocycles. The fraction of sp³-hybridized carbons (Fsp3) is 0.0370. The standard InChI is InChI=1S/C27H21FO5/c1-4-26(29)32-16-15-31-25-14-11-22(17-24(25)28)21-7-5-19(6-8-21)20-9-12-23(13-10-20)33-27(30)18(2)3/h4-17H,1-2H2,3H3. The Hall–Kier alpha value is -4.45. The minimum absolute atomic E-state index is 0.00582. The zero-order chi connectivity index (χ0) is 23.8. The predicted molar refractivity (Wildman–Crippen MR) is 124 cm³/mol. The van der Waals surface area contributed by atoms with Crippen LogP contribution in [0.15, 0.2) is 104 Å². The minimum atomic E-state index is -0.642. The highest BCUT2D eigenvalue weighted by molar-refractivity contribution is 5.88. The predicted octanol–water partition coefficient (Wildman–Crippen LogP) is 6.22. The number of esters is 2. The van der Waals surface area contributed by atoms with Crippen molar-refractivity contribution in [1.82, 2.24) is 0 Å². The molecule has 3 rings (SSSR count). The second-order valence-corrected chi connectivity index (χ2v) is 6.95. The van der Waals surface area contributed by atoms with Crippen LogP contribution in [0.1, 0.15) is 6.92 Å². The van der Waals surface area contributed by atoms with Crippen LogP contribution in [0, 0.1) is 5.82 Å². The number of carbonyl (C=O) groups excluding carboxylic acids is 2. The van der Waals surface area contributed by atoms with E-state index in [2.05, 4.69) is 17.9 Å². The van der Waals surface area contributed by atoms with Crippen molar-refractivity contribution < 1.29 is 28.2 Å². The quantitative estimate of drug-likeness (QED) is 0.179. The summed E-state index contributed by atoms with van der Waals surface area (Å²) in [6.07, 6.45) is 3.08. The van der Waals surface area contributed by atoms with Gasteiger partial charge in [0.15, 0.2) is 11.6 Å². The van der Waals surface area contributed by atoms with Crippen molar-refractivity contribution in [1.29, 1.82) is 0 Å². The van der Waals surface area contributed by atoms with Gasteiger partial charge in [0.2, 0.25) is 0 Å². The van der Waals surface area contributed by atoms with Gasteiger partial charge in [-0.1, -0.05) is 55.6 Å². The number of rotatable bonds is 8. The number of ether oxygens (including phenoxy) is 3. The zero-order valence-corrected chi connectivity index (χ0v) is 17.9. The second kappa shape index (κ2) is 10.7. The van der Waals surface area contributed by atoms with E-state index < -0.39 is 17.8 Å². The summed E-state index contributed by atoms with van der Waals surface area (Å²) in [5, 5.41) is 0. The van der Waals surface area contributed by atoms with Crippen LogP contribution in [0.5, 0.6) is 11.5 Å². The molecule has 5 nitrogen and oxygen atoms in total. The summed E-state index contributed by atoms with van der Waals surface area (Å²) < 4.78 is 29.3. The van der Waals surface area contributed by atoms with Crippen LogP contribution in [0.2, 0.25) is 0 Å². The van der Waals surface area contributed by atoms with Crippen LogP contribution >= 0.6 is 0 Å². The Bertz CT molecular complexity index is 1210. The molecule has 0 bridgehead atoms. The third-order valence-electron chi connectivity index (χ3n) is 4.50.